The van der Waals surface area contributed by atoms with Gasteiger partial charge in [0, 0.05) is 17.7 Å². The van der Waals surface area contributed by atoms with Gasteiger partial charge in [0.15, 0.2) is 21.3 Å². The molecule has 2 aromatic carbocycles. The quantitative estimate of drug-likeness (QED) is 0.324. The average molecular weight is 582 g/mol. The molecular weight excluding hydrogens is 542 g/mol. The maximum Gasteiger partial charge on any atom is 0.278 e. The van der Waals surface area contributed by atoms with E-state index in [0.717, 1.165) is 31.2 Å². The van der Waals surface area contributed by atoms with Gasteiger partial charge < -0.3 is 26.6 Å². The third-order valence-corrected chi connectivity index (χ3v) is 9.92. The van der Waals surface area contributed by atoms with E-state index < -0.39 is 26.1 Å². The lowest BCUT2D eigenvalue weighted by atomic mass is 9.88. The zero-order valence-corrected chi connectivity index (χ0v) is 24.6. The molecule has 11 heteroatoms. The topological polar surface area (TPSA) is 171 Å². The lowest BCUT2D eigenvalue weighted by Gasteiger charge is -2.33. The van der Waals surface area contributed by atoms with Gasteiger partial charge in [-0.3, -0.25) is 4.79 Å². The Morgan fingerprint density at radius 2 is 1.76 bits per heavy atom. The molecule has 0 saturated heterocycles. The first-order chi connectivity index (χ1) is 19.3. The van der Waals surface area contributed by atoms with Crippen LogP contribution in [0.3, 0.4) is 0 Å². The van der Waals surface area contributed by atoms with Crippen LogP contribution in [0.1, 0.15) is 75.3 Å². The molecule has 1 aromatic heterocycles. The van der Waals surface area contributed by atoms with Crippen LogP contribution in [0.25, 0.3) is 11.3 Å². The van der Waals surface area contributed by atoms with E-state index in [9.17, 15) is 18.3 Å². The molecule has 0 aliphatic carbocycles. The lowest BCUT2D eigenvalue weighted by molar-refractivity contribution is 0.0308. The molecule has 0 saturated carbocycles. The molecule has 0 fully saturated rings. The van der Waals surface area contributed by atoms with Crippen molar-refractivity contribution in [3.8, 4) is 17.0 Å². The summed E-state index contributed by atoms with van der Waals surface area (Å²) in [6.07, 6.45) is 5.21. The van der Waals surface area contributed by atoms with Crippen LogP contribution in [-0.4, -0.2) is 46.4 Å². The highest BCUT2D eigenvalue weighted by Crippen LogP contribution is 2.36. The Hall–Kier alpha value is -3.54. The Balaban J connectivity index is 1.73. The summed E-state index contributed by atoms with van der Waals surface area (Å²) in [5.74, 6) is -0.118. The van der Waals surface area contributed by atoms with Gasteiger partial charge in [-0.15, -0.1) is 0 Å². The van der Waals surface area contributed by atoms with Gasteiger partial charge in [-0.05, 0) is 58.2 Å². The number of sulfone groups is 1. The Labute approximate surface area is 241 Å². The second-order valence-electron chi connectivity index (χ2n) is 11.4. The number of hydrogen-bond donors (Lipinski definition) is 4. The van der Waals surface area contributed by atoms with Crippen LogP contribution in [0.15, 0.2) is 53.6 Å². The fourth-order valence-electron chi connectivity index (χ4n) is 5.26. The highest BCUT2D eigenvalue weighted by molar-refractivity contribution is 7.92. The molecule has 3 heterocycles. The standard InChI is InChI=1S/C30H39N5O5S/c1-29(2)19-30(3,37)15-6-4-5-7-16-40-26-21(17-31)9-8-10-23(26)35-28(36)25-27(32)33-18-24(34-25)20-11-13-22(14-12-20)41(29,38)39/h8-14,18,37H,4-7,15-17,19,31H2,1-3H3,(H2,32,33)(H,35,36)/t30-/m0/s1. The van der Waals surface area contributed by atoms with E-state index in [-0.39, 0.29) is 29.4 Å². The Morgan fingerprint density at radius 3 is 2.46 bits per heavy atom. The molecule has 1 amide bonds. The number of ether oxygens (including phenoxy) is 1. The predicted molar refractivity (Wildman–Crippen MR) is 159 cm³/mol. The molecule has 0 spiro atoms. The van der Waals surface area contributed by atoms with Gasteiger partial charge in [-0.25, -0.2) is 18.4 Å². The third kappa shape index (κ3) is 6.86. The number of para-hydroxylation sites is 1. The van der Waals surface area contributed by atoms with Gasteiger partial charge in [0.25, 0.3) is 5.91 Å². The SMILES string of the molecule is CC1(C)C[C@@](C)(O)CCCCCCOc2c(CN)cccc2NC(=O)c2nc(cnc2N)-c2ccc(cc2)S1(=O)=O. The summed E-state index contributed by atoms with van der Waals surface area (Å²) < 4.78 is 32.0. The molecule has 220 valence electrons. The zero-order valence-electron chi connectivity index (χ0n) is 23.8. The van der Waals surface area contributed by atoms with Gasteiger partial charge in [-0.1, -0.05) is 43.5 Å². The van der Waals surface area contributed by atoms with E-state index in [0.29, 0.717) is 35.7 Å². The summed E-state index contributed by atoms with van der Waals surface area (Å²) in [6.45, 7) is 5.63. The van der Waals surface area contributed by atoms with Crippen molar-refractivity contribution < 1.29 is 23.1 Å². The number of nitrogens with one attached hydrogen (secondary N) is 1. The molecule has 1 atom stereocenters. The summed E-state index contributed by atoms with van der Waals surface area (Å²) in [5.41, 5.74) is 12.9. The van der Waals surface area contributed by atoms with Crippen LogP contribution in [0.2, 0.25) is 0 Å². The number of nitrogens with two attached hydrogens (primary N) is 2. The van der Waals surface area contributed by atoms with Gasteiger partial charge in [0.2, 0.25) is 0 Å². The number of nitrogens with zero attached hydrogens (tertiary/aromatic N) is 2. The molecule has 2 aliphatic rings. The number of anilines is 2. The number of carbonyl (C=O) groups is 1. The summed E-state index contributed by atoms with van der Waals surface area (Å²) in [6, 6.07) is 11.6. The predicted octanol–water partition coefficient (Wildman–Crippen LogP) is 4.47. The summed E-state index contributed by atoms with van der Waals surface area (Å²) in [4.78, 5) is 22.0. The Kier molecular flexibility index (Phi) is 9.00. The molecular formula is C30H39N5O5S. The molecule has 4 bridgehead atoms. The maximum absolute atomic E-state index is 13.6. The monoisotopic (exact) mass is 581 g/mol. The third-order valence-electron chi connectivity index (χ3n) is 7.43. The molecule has 6 N–H and O–H groups in total. The van der Waals surface area contributed by atoms with Crippen LogP contribution >= 0.6 is 0 Å². The number of benzene rings is 2. The van der Waals surface area contributed by atoms with Crippen LogP contribution < -0.4 is 21.5 Å². The number of carbonyl (C=O) groups excluding carboxylic acids is 1. The normalized spacial score (nSPS) is 21.4. The Morgan fingerprint density at radius 1 is 1.05 bits per heavy atom. The fourth-order valence-corrected chi connectivity index (χ4v) is 6.89. The van der Waals surface area contributed by atoms with E-state index >= 15 is 0 Å². The smallest absolute Gasteiger partial charge is 0.278 e. The molecule has 5 rings (SSSR count). The highest BCUT2D eigenvalue weighted by Gasteiger charge is 2.41. The minimum Gasteiger partial charge on any atom is -0.491 e. The van der Waals surface area contributed by atoms with Crippen LogP contribution in [0.4, 0.5) is 11.5 Å². The van der Waals surface area contributed by atoms with Gasteiger partial charge >= 0.3 is 0 Å². The zero-order chi connectivity index (χ0) is 29.8. The highest BCUT2D eigenvalue weighted by atomic mass is 32.2. The van der Waals surface area contributed by atoms with Gasteiger partial charge in [-0.2, -0.15) is 0 Å². The van der Waals surface area contributed by atoms with E-state index in [1.54, 1.807) is 45.0 Å². The van der Waals surface area contributed by atoms with E-state index in [1.165, 1.54) is 18.3 Å². The summed E-state index contributed by atoms with van der Waals surface area (Å²) >= 11 is 0. The molecule has 0 radical (unpaired) electrons. The van der Waals surface area contributed by atoms with Crippen LogP contribution in [0.5, 0.6) is 5.75 Å². The van der Waals surface area contributed by atoms with Crippen molar-refractivity contribution in [1.29, 1.82) is 0 Å². The number of hydrogen-bond acceptors (Lipinski definition) is 9. The van der Waals surface area contributed by atoms with Crippen molar-refractivity contribution in [1.82, 2.24) is 9.97 Å². The first-order valence-corrected chi connectivity index (χ1v) is 15.3. The first-order valence-electron chi connectivity index (χ1n) is 13.8. The van der Waals surface area contributed by atoms with E-state index in [4.69, 9.17) is 16.2 Å². The number of aliphatic hydroxyl groups is 1. The van der Waals surface area contributed by atoms with E-state index in [2.05, 4.69) is 15.3 Å². The van der Waals surface area contributed by atoms with Crippen LogP contribution in [-0.2, 0) is 16.4 Å². The minimum absolute atomic E-state index is 0.0499. The van der Waals surface area contributed by atoms with Crippen molar-refractivity contribution in [2.24, 2.45) is 5.73 Å². The molecule has 41 heavy (non-hydrogen) atoms. The fraction of sp³-hybridized carbons (Fsp3) is 0.433. The second-order valence-corrected chi connectivity index (χ2v) is 14.0. The van der Waals surface area contributed by atoms with E-state index in [1.807, 2.05) is 6.07 Å². The first kappa shape index (κ1) is 30.4. The van der Waals surface area contributed by atoms with Crippen molar-refractivity contribution >= 4 is 27.2 Å². The number of nitrogen functional groups attached to an aromatic ring is 1. The summed E-state index contributed by atoms with van der Waals surface area (Å²) in [5, 5.41) is 13.9. The number of rotatable bonds is 1. The Bertz CT molecular complexity index is 1500. The maximum atomic E-state index is 13.6. The van der Waals surface area contributed by atoms with Crippen molar-refractivity contribution in [2.75, 3.05) is 17.7 Å². The largest absolute Gasteiger partial charge is 0.491 e. The summed E-state index contributed by atoms with van der Waals surface area (Å²) in [7, 11) is -3.78. The van der Waals surface area contributed by atoms with Crippen molar-refractivity contribution in [3.05, 3.63) is 59.9 Å². The molecule has 2 aliphatic heterocycles. The molecule has 3 aromatic rings. The second kappa shape index (κ2) is 12.1. The molecule has 10 nitrogen and oxygen atoms in total. The minimum atomic E-state index is -3.78. The van der Waals surface area contributed by atoms with Crippen molar-refractivity contribution in [3.63, 3.8) is 0 Å². The lowest BCUT2D eigenvalue weighted by Crippen LogP contribution is -2.41. The number of fused-ring (bicyclic) bond motifs is 13. The molecule has 0 unspecified atom stereocenters. The number of amides is 1. The van der Waals surface area contributed by atoms with Crippen molar-refractivity contribution in [2.45, 2.75) is 81.1 Å². The number of aromatic nitrogens is 2. The average Bonchev–Trinajstić information content (AvgIpc) is 2.92. The van der Waals surface area contributed by atoms with Gasteiger partial charge in [0.1, 0.15) is 5.75 Å². The van der Waals surface area contributed by atoms with Gasteiger partial charge in [0.05, 0.1) is 39.4 Å². The van der Waals surface area contributed by atoms with Crippen LogP contribution in [0, 0.1) is 0 Å².